The highest BCUT2D eigenvalue weighted by Crippen LogP contribution is 2.16. The molecule has 0 amide bonds. The maximum atomic E-state index is 5.46. The van der Waals surface area contributed by atoms with Crippen LogP contribution in [0, 0.1) is 0 Å². The molecule has 1 aliphatic rings. The molecule has 3 nitrogen and oxygen atoms in total. The smallest absolute Gasteiger partial charge is 0.119 e. The lowest BCUT2D eigenvalue weighted by atomic mass is 10.0. The Hall–Kier alpha value is -1.06. The Labute approximate surface area is 110 Å². The quantitative estimate of drug-likeness (QED) is 0.884. The molecule has 100 valence electrons. The third-order valence-corrected chi connectivity index (χ3v) is 3.29. The molecule has 0 radical (unpaired) electrons. The van der Waals surface area contributed by atoms with E-state index in [0.717, 1.165) is 38.5 Å². The summed E-state index contributed by atoms with van der Waals surface area (Å²) in [6.45, 7) is 11.6. The standard InChI is InChI=1S/C15H24N2O/c1-4-18-14-7-5-13(6-8-14)11-17-10-9-16-15(2,3)12-17/h5-8,16H,4,9-12H2,1-3H3. The summed E-state index contributed by atoms with van der Waals surface area (Å²) in [6, 6.07) is 8.46. The Balaban J connectivity index is 1.92. The van der Waals surface area contributed by atoms with Crippen molar-refractivity contribution in [1.29, 1.82) is 0 Å². The molecule has 0 saturated carbocycles. The van der Waals surface area contributed by atoms with Crippen molar-refractivity contribution in [2.45, 2.75) is 32.9 Å². The van der Waals surface area contributed by atoms with Gasteiger partial charge in [0.2, 0.25) is 0 Å². The highest BCUT2D eigenvalue weighted by molar-refractivity contribution is 5.27. The molecule has 0 spiro atoms. The summed E-state index contributed by atoms with van der Waals surface area (Å²) in [5, 5.41) is 3.54. The summed E-state index contributed by atoms with van der Waals surface area (Å²) in [7, 11) is 0. The second-order valence-corrected chi connectivity index (χ2v) is 5.60. The Morgan fingerprint density at radius 3 is 2.61 bits per heavy atom. The molecule has 1 saturated heterocycles. The molecule has 0 aliphatic carbocycles. The molecule has 0 atom stereocenters. The van der Waals surface area contributed by atoms with E-state index in [0.29, 0.717) is 0 Å². The molecule has 18 heavy (non-hydrogen) atoms. The van der Waals surface area contributed by atoms with Crippen LogP contribution in [0.15, 0.2) is 24.3 Å². The van der Waals surface area contributed by atoms with Crippen LogP contribution < -0.4 is 10.1 Å². The molecule has 1 N–H and O–H groups in total. The highest BCUT2D eigenvalue weighted by atomic mass is 16.5. The Morgan fingerprint density at radius 1 is 1.28 bits per heavy atom. The monoisotopic (exact) mass is 248 g/mol. The molecule has 0 aromatic heterocycles. The Morgan fingerprint density at radius 2 is 2.00 bits per heavy atom. The van der Waals surface area contributed by atoms with Crippen molar-refractivity contribution < 1.29 is 4.74 Å². The summed E-state index contributed by atoms with van der Waals surface area (Å²) in [4.78, 5) is 2.51. The number of ether oxygens (including phenoxy) is 1. The molecule has 1 aromatic carbocycles. The fourth-order valence-electron chi connectivity index (χ4n) is 2.50. The van der Waals surface area contributed by atoms with E-state index >= 15 is 0 Å². The maximum absolute atomic E-state index is 5.46. The van der Waals surface area contributed by atoms with E-state index < -0.39 is 0 Å². The van der Waals surface area contributed by atoms with Gasteiger partial charge in [0.1, 0.15) is 5.75 Å². The lowest BCUT2D eigenvalue weighted by molar-refractivity contribution is 0.148. The molecule has 1 aliphatic heterocycles. The van der Waals surface area contributed by atoms with Gasteiger partial charge in [-0.3, -0.25) is 4.90 Å². The van der Waals surface area contributed by atoms with Crippen LogP contribution in [0.4, 0.5) is 0 Å². The van der Waals surface area contributed by atoms with Crippen LogP contribution in [-0.4, -0.2) is 36.7 Å². The van der Waals surface area contributed by atoms with Gasteiger partial charge in [-0.05, 0) is 38.5 Å². The molecule has 0 bridgehead atoms. The third-order valence-electron chi connectivity index (χ3n) is 3.29. The van der Waals surface area contributed by atoms with E-state index in [-0.39, 0.29) is 5.54 Å². The number of hydrogen-bond acceptors (Lipinski definition) is 3. The average molecular weight is 248 g/mol. The van der Waals surface area contributed by atoms with Crippen molar-refractivity contribution in [3.63, 3.8) is 0 Å². The predicted molar refractivity (Wildman–Crippen MR) is 75.0 cm³/mol. The van der Waals surface area contributed by atoms with Gasteiger partial charge in [0.25, 0.3) is 0 Å². The van der Waals surface area contributed by atoms with Crippen molar-refractivity contribution >= 4 is 0 Å². The van der Waals surface area contributed by atoms with Crippen LogP contribution in [0.1, 0.15) is 26.3 Å². The summed E-state index contributed by atoms with van der Waals surface area (Å²) in [6.07, 6.45) is 0. The van der Waals surface area contributed by atoms with Crippen molar-refractivity contribution in [1.82, 2.24) is 10.2 Å². The van der Waals surface area contributed by atoms with Crippen LogP contribution in [-0.2, 0) is 6.54 Å². The first-order valence-electron chi connectivity index (χ1n) is 6.78. The van der Waals surface area contributed by atoms with Crippen LogP contribution in [0.2, 0.25) is 0 Å². The normalized spacial score (nSPS) is 19.7. The van der Waals surface area contributed by atoms with E-state index in [4.69, 9.17) is 4.74 Å². The average Bonchev–Trinajstić information content (AvgIpc) is 2.31. The van der Waals surface area contributed by atoms with Crippen LogP contribution in [0.25, 0.3) is 0 Å². The molecule has 1 heterocycles. The number of piperazine rings is 1. The lowest BCUT2D eigenvalue weighted by Gasteiger charge is -2.39. The fraction of sp³-hybridized carbons (Fsp3) is 0.600. The van der Waals surface area contributed by atoms with Crippen molar-refractivity contribution in [3.05, 3.63) is 29.8 Å². The number of nitrogens with one attached hydrogen (secondary N) is 1. The van der Waals surface area contributed by atoms with Gasteiger partial charge in [0, 0.05) is 31.7 Å². The second kappa shape index (κ2) is 5.72. The molecule has 2 rings (SSSR count). The Bertz CT molecular complexity index is 373. The maximum Gasteiger partial charge on any atom is 0.119 e. The van der Waals surface area contributed by atoms with E-state index in [2.05, 4.69) is 48.3 Å². The minimum Gasteiger partial charge on any atom is -0.494 e. The third kappa shape index (κ3) is 3.72. The van der Waals surface area contributed by atoms with Crippen LogP contribution >= 0.6 is 0 Å². The summed E-state index contributed by atoms with van der Waals surface area (Å²) in [5.74, 6) is 0.960. The SMILES string of the molecule is CCOc1ccc(CN2CCNC(C)(C)C2)cc1. The number of benzene rings is 1. The van der Waals surface area contributed by atoms with Gasteiger partial charge in [-0.1, -0.05) is 12.1 Å². The number of hydrogen-bond donors (Lipinski definition) is 1. The summed E-state index contributed by atoms with van der Waals surface area (Å²) < 4.78 is 5.46. The van der Waals surface area contributed by atoms with Gasteiger partial charge in [-0.15, -0.1) is 0 Å². The van der Waals surface area contributed by atoms with Crippen molar-refractivity contribution in [3.8, 4) is 5.75 Å². The minimum absolute atomic E-state index is 0.226. The number of rotatable bonds is 4. The first kappa shape index (κ1) is 13.4. The first-order valence-corrected chi connectivity index (χ1v) is 6.78. The van der Waals surface area contributed by atoms with Gasteiger partial charge in [0.05, 0.1) is 6.61 Å². The predicted octanol–water partition coefficient (Wildman–Crippen LogP) is 2.27. The van der Waals surface area contributed by atoms with Gasteiger partial charge in [-0.25, -0.2) is 0 Å². The van der Waals surface area contributed by atoms with E-state index in [1.165, 1.54) is 5.56 Å². The Kier molecular flexibility index (Phi) is 4.25. The fourth-order valence-corrected chi connectivity index (χ4v) is 2.50. The van der Waals surface area contributed by atoms with E-state index in [1.807, 2.05) is 6.92 Å². The van der Waals surface area contributed by atoms with Gasteiger partial charge >= 0.3 is 0 Å². The largest absolute Gasteiger partial charge is 0.494 e. The molecular formula is C15H24N2O. The zero-order valence-corrected chi connectivity index (χ0v) is 11.7. The number of nitrogens with zero attached hydrogens (tertiary/aromatic N) is 1. The summed E-state index contributed by atoms with van der Waals surface area (Å²) in [5.41, 5.74) is 1.58. The zero-order valence-electron chi connectivity index (χ0n) is 11.7. The highest BCUT2D eigenvalue weighted by Gasteiger charge is 2.25. The zero-order chi connectivity index (χ0) is 13.0. The van der Waals surface area contributed by atoms with E-state index in [1.54, 1.807) is 0 Å². The molecule has 3 heteroatoms. The molecular weight excluding hydrogens is 224 g/mol. The lowest BCUT2D eigenvalue weighted by Crippen LogP contribution is -2.56. The minimum atomic E-state index is 0.226. The van der Waals surface area contributed by atoms with E-state index in [9.17, 15) is 0 Å². The van der Waals surface area contributed by atoms with Crippen molar-refractivity contribution in [2.24, 2.45) is 0 Å². The molecule has 0 unspecified atom stereocenters. The topological polar surface area (TPSA) is 24.5 Å². The van der Waals surface area contributed by atoms with Crippen LogP contribution in [0.5, 0.6) is 5.75 Å². The molecule has 1 aromatic rings. The first-order chi connectivity index (χ1) is 8.59. The molecule has 1 fully saturated rings. The van der Waals surface area contributed by atoms with Gasteiger partial charge < -0.3 is 10.1 Å². The van der Waals surface area contributed by atoms with Crippen molar-refractivity contribution in [2.75, 3.05) is 26.2 Å². The van der Waals surface area contributed by atoms with Gasteiger partial charge in [-0.2, -0.15) is 0 Å². The van der Waals surface area contributed by atoms with Gasteiger partial charge in [0.15, 0.2) is 0 Å². The van der Waals surface area contributed by atoms with Crippen LogP contribution in [0.3, 0.4) is 0 Å². The summed E-state index contributed by atoms with van der Waals surface area (Å²) >= 11 is 0. The second-order valence-electron chi connectivity index (χ2n) is 5.60.